The molecule has 7 heteroatoms. The van der Waals surface area contributed by atoms with E-state index in [9.17, 15) is 18.5 Å². The van der Waals surface area contributed by atoms with Crippen LogP contribution in [-0.2, 0) is 9.05 Å². The molecule has 18 heavy (non-hydrogen) atoms. The van der Waals surface area contributed by atoms with Gasteiger partial charge in [0.25, 0.3) is 14.7 Å². The highest BCUT2D eigenvalue weighted by atomic mass is 35.7. The molecule has 1 aromatic carbocycles. The summed E-state index contributed by atoms with van der Waals surface area (Å²) >= 11 is 0. The van der Waals surface area contributed by atoms with Crippen molar-refractivity contribution >= 4 is 25.4 Å². The van der Waals surface area contributed by atoms with Gasteiger partial charge in [-0.05, 0) is 18.9 Å². The van der Waals surface area contributed by atoms with Crippen molar-refractivity contribution in [3.63, 3.8) is 0 Å². The van der Waals surface area contributed by atoms with Crippen LogP contribution in [0.5, 0.6) is 0 Å². The van der Waals surface area contributed by atoms with Crippen molar-refractivity contribution in [1.82, 2.24) is 0 Å². The van der Waals surface area contributed by atoms with Crippen LogP contribution >= 0.6 is 10.7 Å². The van der Waals surface area contributed by atoms with Gasteiger partial charge < -0.3 is 0 Å². The molecule has 1 fully saturated rings. The monoisotopic (exact) mass is 285 g/mol. The van der Waals surface area contributed by atoms with Gasteiger partial charge in [0.15, 0.2) is 0 Å². The maximum Gasteiger partial charge on any atom is 0.270 e. The number of non-ortho nitro benzene ring substituents is 1. The second-order valence-electron chi connectivity index (χ2n) is 3.92. The van der Waals surface area contributed by atoms with E-state index in [1.165, 1.54) is 12.1 Å². The molecule has 1 aliphatic carbocycles. The number of halogens is 1. The minimum absolute atomic E-state index is 0.197. The number of nitro groups is 1. The molecule has 0 aliphatic heterocycles. The van der Waals surface area contributed by atoms with Crippen LogP contribution in [0.4, 0.5) is 5.69 Å². The van der Waals surface area contributed by atoms with Crippen molar-refractivity contribution in [2.75, 3.05) is 0 Å². The predicted molar refractivity (Wildman–Crippen MR) is 65.7 cm³/mol. The molecular formula is C11H8ClNO4S. The first kappa shape index (κ1) is 12.9. The normalized spacial score (nSPS) is 14.7. The topological polar surface area (TPSA) is 77.3 Å². The molecule has 1 aliphatic rings. The van der Waals surface area contributed by atoms with E-state index in [-0.39, 0.29) is 16.1 Å². The Morgan fingerprint density at radius 3 is 2.56 bits per heavy atom. The van der Waals surface area contributed by atoms with Gasteiger partial charge in [0, 0.05) is 34.3 Å². The lowest BCUT2D eigenvalue weighted by Crippen LogP contribution is -1.98. The Bertz CT molecular complexity index is 668. The van der Waals surface area contributed by atoms with Crippen LogP contribution in [0.25, 0.3) is 0 Å². The fourth-order valence-corrected chi connectivity index (χ4v) is 2.36. The molecule has 0 bridgehead atoms. The Morgan fingerprint density at radius 1 is 1.39 bits per heavy atom. The summed E-state index contributed by atoms with van der Waals surface area (Å²) in [5.41, 5.74) is -0.131. The van der Waals surface area contributed by atoms with Gasteiger partial charge in [0.05, 0.1) is 4.92 Å². The Morgan fingerprint density at radius 2 is 2.06 bits per heavy atom. The molecule has 0 amide bonds. The fraction of sp³-hybridized carbons (Fsp3) is 0.273. The molecule has 0 saturated heterocycles. The molecule has 0 N–H and O–H groups in total. The number of rotatable bonds is 2. The molecule has 0 aromatic heterocycles. The summed E-state index contributed by atoms with van der Waals surface area (Å²) in [7, 11) is 1.20. The van der Waals surface area contributed by atoms with Gasteiger partial charge in [0.1, 0.15) is 4.90 Å². The van der Waals surface area contributed by atoms with Gasteiger partial charge in [0.2, 0.25) is 0 Å². The quantitative estimate of drug-likeness (QED) is 0.361. The summed E-state index contributed by atoms with van der Waals surface area (Å²) in [5, 5.41) is 10.6. The molecule has 94 valence electrons. The zero-order chi connectivity index (χ0) is 13.3. The van der Waals surface area contributed by atoms with Crippen molar-refractivity contribution < 1.29 is 13.3 Å². The molecule has 0 radical (unpaired) electrons. The first-order chi connectivity index (χ1) is 8.38. The maximum atomic E-state index is 11.4. The molecule has 1 saturated carbocycles. The third-order valence-corrected chi connectivity index (χ3v) is 3.79. The van der Waals surface area contributed by atoms with Crippen LogP contribution in [0.15, 0.2) is 23.1 Å². The zero-order valence-corrected chi connectivity index (χ0v) is 10.7. The smallest absolute Gasteiger partial charge is 0.258 e. The predicted octanol–water partition coefficient (Wildman–Crippen LogP) is 2.28. The van der Waals surface area contributed by atoms with Gasteiger partial charge in [-0.15, -0.1) is 0 Å². The van der Waals surface area contributed by atoms with Crippen LogP contribution in [0.1, 0.15) is 18.4 Å². The Kier molecular flexibility index (Phi) is 3.28. The molecule has 1 aromatic rings. The summed E-state index contributed by atoms with van der Waals surface area (Å²) in [5.74, 6) is 5.90. The lowest BCUT2D eigenvalue weighted by Gasteiger charge is -2.00. The fourth-order valence-electron chi connectivity index (χ4n) is 1.34. The summed E-state index contributed by atoms with van der Waals surface area (Å²) in [4.78, 5) is 9.61. The molecule has 0 unspecified atom stereocenters. The zero-order valence-electron chi connectivity index (χ0n) is 9.09. The Labute approximate surface area is 108 Å². The van der Waals surface area contributed by atoms with E-state index in [0.717, 1.165) is 18.9 Å². The van der Waals surface area contributed by atoms with E-state index < -0.39 is 14.0 Å². The molecule has 2 rings (SSSR count). The third kappa shape index (κ3) is 3.00. The van der Waals surface area contributed by atoms with Crippen LogP contribution < -0.4 is 0 Å². The van der Waals surface area contributed by atoms with Crippen molar-refractivity contribution in [2.24, 2.45) is 5.92 Å². The van der Waals surface area contributed by atoms with Gasteiger partial charge >= 0.3 is 0 Å². The van der Waals surface area contributed by atoms with E-state index in [4.69, 9.17) is 10.7 Å². The lowest BCUT2D eigenvalue weighted by molar-refractivity contribution is -0.385. The van der Waals surface area contributed by atoms with Crippen molar-refractivity contribution in [3.05, 3.63) is 33.9 Å². The Hall–Kier alpha value is -1.58. The van der Waals surface area contributed by atoms with E-state index in [1.54, 1.807) is 0 Å². The lowest BCUT2D eigenvalue weighted by atomic mass is 10.2. The van der Waals surface area contributed by atoms with Gasteiger partial charge in [-0.1, -0.05) is 11.8 Å². The molecule has 0 spiro atoms. The van der Waals surface area contributed by atoms with Gasteiger partial charge in [-0.2, -0.15) is 0 Å². The minimum atomic E-state index is -4.05. The van der Waals surface area contributed by atoms with Crippen molar-refractivity contribution in [3.8, 4) is 11.8 Å². The summed E-state index contributed by atoms with van der Waals surface area (Å²) in [6, 6.07) is 3.45. The number of nitro benzene ring substituents is 1. The van der Waals surface area contributed by atoms with E-state index in [1.807, 2.05) is 0 Å². The number of benzene rings is 1. The molecule has 5 nitrogen and oxygen atoms in total. The standard InChI is InChI=1S/C11H8ClNO4S/c12-18(16,17)11-7-10(13(14)15)6-5-9(11)4-3-8-1-2-8/h5-8H,1-2H2. The van der Waals surface area contributed by atoms with E-state index in [2.05, 4.69) is 11.8 Å². The van der Waals surface area contributed by atoms with Crippen molar-refractivity contribution in [2.45, 2.75) is 17.7 Å². The number of nitrogens with zero attached hydrogens (tertiary/aromatic N) is 1. The minimum Gasteiger partial charge on any atom is -0.258 e. The first-order valence-electron chi connectivity index (χ1n) is 5.12. The maximum absolute atomic E-state index is 11.4. The van der Waals surface area contributed by atoms with Crippen molar-refractivity contribution in [1.29, 1.82) is 0 Å². The molecule has 0 heterocycles. The largest absolute Gasteiger partial charge is 0.270 e. The Balaban J connectivity index is 2.52. The SMILES string of the molecule is O=[N+]([O-])c1ccc(C#CC2CC2)c(S(=O)(=O)Cl)c1. The van der Waals surface area contributed by atoms with E-state index in [0.29, 0.717) is 5.92 Å². The highest BCUT2D eigenvalue weighted by molar-refractivity contribution is 8.13. The average Bonchev–Trinajstić information content (AvgIpc) is 3.08. The van der Waals surface area contributed by atoms with Gasteiger partial charge in [-0.3, -0.25) is 10.1 Å². The van der Waals surface area contributed by atoms with Crippen LogP contribution in [0.3, 0.4) is 0 Å². The number of hydrogen-bond donors (Lipinski definition) is 0. The highest BCUT2D eigenvalue weighted by Crippen LogP contribution is 2.29. The third-order valence-electron chi connectivity index (χ3n) is 2.43. The second kappa shape index (κ2) is 4.59. The summed E-state index contributed by atoms with van der Waals surface area (Å²) in [6.45, 7) is 0. The summed E-state index contributed by atoms with van der Waals surface area (Å²) < 4.78 is 22.7. The van der Waals surface area contributed by atoms with Gasteiger partial charge in [-0.25, -0.2) is 8.42 Å². The van der Waals surface area contributed by atoms with E-state index >= 15 is 0 Å². The average molecular weight is 286 g/mol. The summed E-state index contributed by atoms with van der Waals surface area (Å²) in [6.07, 6.45) is 2.01. The molecule has 0 atom stereocenters. The first-order valence-corrected chi connectivity index (χ1v) is 7.43. The van der Waals surface area contributed by atoms with Crippen LogP contribution in [0, 0.1) is 27.9 Å². The van der Waals surface area contributed by atoms with Crippen LogP contribution in [-0.4, -0.2) is 13.3 Å². The van der Waals surface area contributed by atoms with Crippen LogP contribution in [0.2, 0.25) is 0 Å². The number of hydrogen-bond acceptors (Lipinski definition) is 4. The highest BCUT2D eigenvalue weighted by Gasteiger charge is 2.21. The second-order valence-corrected chi connectivity index (χ2v) is 6.45. The molecular weight excluding hydrogens is 278 g/mol.